The number of ether oxygens (including phenoxy) is 7. The molecule has 0 aromatic heterocycles. The first-order chi connectivity index (χ1) is 29.0. The summed E-state index contributed by atoms with van der Waals surface area (Å²) in [5.74, 6) is -7.76. The number of carbonyl (C=O) groups excluding carboxylic acids is 3. The van der Waals surface area contributed by atoms with Crippen molar-refractivity contribution >= 4 is 17.7 Å². The minimum Gasteiger partial charge on any atom is -0.505 e. The van der Waals surface area contributed by atoms with Crippen molar-refractivity contribution in [3.63, 3.8) is 0 Å². The van der Waals surface area contributed by atoms with E-state index in [0.717, 1.165) is 0 Å². The molecular formula is C43H75NO19. The van der Waals surface area contributed by atoms with Crippen LogP contribution < -0.4 is 0 Å². The van der Waals surface area contributed by atoms with Crippen LogP contribution in [0.5, 0.6) is 0 Å². The number of hydrogen-bond donors (Lipinski definition) is 9. The minimum absolute atomic E-state index is 0.0936. The van der Waals surface area contributed by atoms with Crippen molar-refractivity contribution < 1.29 is 93.5 Å². The molecule has 1 unspecified atom stereocenters. The number of esters is 2. The van der Waals surface area contributed by atoms with Crippen LogP contribution in [0.25, 0.3) is 0 Å². The number of Topliss-reactive ketones (excluding diaryl/α,β-unsaturated/α-hetero) is 1. The van der Waals surface area contributed by atoms with Crippen molar-refractivity contribution in [1.29, 1.82) is 0 Å². The number of carbonyl (C=O) groups is 3. The average Bonchev–Trinajstić information content (AvgIpc) is 3.48. The molecule has 0 saturated carbocycles. The Morgan fingerprint density at radius 1 is 0.873 bits per heavy atom. The third kappa shape index (κ3) is 12.3. The molecule has 63 heavy (non-hydrogen) atoms. The van der Waals surface area contributed by atoms with Gasteiger partial charge in [-0.15, -0.1) is 0 Å². The minimum atomic E-state index is -1.99. The van der Waals surface area contributed by atoms with Gasteiger partial charge in [-0.05, 0) is 74.9 Å². The van der Waals surface area contributed by atoms with Crippen LogP contribution in [0.2, 0.25) is 0 Å². The van der Waals surface area contributed by atoms with E-state index in [-0.39, 0.29) is 31.4 Å². The van der Waals surface area contributed by atoms with Crippen LogP contribution in [0, 0.1) is 23.7 Å². The van der Waals surface area contributed by atoms with E-state index >= 15 is 0 Å². The lowest BCUT2D eigenvalue weighted by atomic mass is 9.74. The third-order valence-corrected chi connectivity index (χ3v) is 13.3. The van der Waals surface area contributed by atoms with Gasteiger partial charge in [-0.2, -0.15) is 0 Å². The second-order valence-electron chi connectivity index (χ2n) is 18.8. The zero-order valence-electron chi connectivity index (χ0n) is 38.9. The molecule has 0 aliphatic carbocycles. The second-order valence-corrected chi connectivity index (χ2v) is 18.8. The van der Waals surface area contributed by atoms with Gasteiger partial charge in [0.25, 0.3) is 0 Å². The largest absolute Gasteiger partial charge is 0.505 e. The van der Waals surface area contributed by atoms with Gasteiger partial charge < -0.3 is 84.0 Å². The molecule has 20 atom stereocenters. The highest BCUT2D eigenvalue weighted by molar-refractivity contribution is 5.89. The Labute approximate surface area is 370 Å². The fourth-order valence-corrected chi connectivity index (χ4v) is 9.23. The van der Waals surface area contributed by atoms with Crippen molar-refractivity contribution in [2.45, 2.75) is 191 Å². The van der Waals surface area contributed by atoms with E-state index in [0.29, 0.717) is 6.42 Å². The summed E-state index contributed by atoms with van der Waals surface area (Å²) >= 11 is 0. The van der Waals surface area contributed by atoms with Crippen molar-refractivity contribution in [2.75, 3.05) is 27.8 Å². The number of rotatable bonds is 9. The number of cyclic esters (lactones) is 2. The maximum absolute atomic E-state index is 14.1. The molecule has 3 fully saturated rings. The van der Waals surface area contributed by atoms with Crippen molar-refractivity contribution in [1.82, 2.24) is 4.90 Å². The lowest BCUT2D eigenvalue weighted by molar-refractivity contribution is -0.318. The molecule has 4 rings (SSSR count). The summed E-state index contributed by atoms with van der Waals surface area (Å²) in [5, 5.41) is 92.7. The Kier molecular flexibility index (Phi) is 19.0. The van der Waals surface area contributed by atoms with Gasteiger partial charge in [-0.1, -0.05) is 27.7 Å². The number of aliphatic hydroxyl groups excluding tert-OH is 7. The van der Waals surface area contributed by atoms with Gasteiger partial charge in [-0.3, -0.25) is 9.59 Å². The van der Waals surface area contributed by atoms with Crippen LogP contribution in [0.4, 0.5) is 0 Å². The highest BCUT2D eigenvalue weighted by Gasteiger charge is 2.53. The summed E-state index contributed by atoms with van der Waals surface area (Å²) in [6.07, 6.45) is -12.5. The molecule has 9 N–H and O–H groups in total. The predicted octanol–water partition coefficient (Wildman–Crippen LogP) is 0.378. The molecule has 3 saturated heterocycles. The highest BCUT2D eigenvalue weighted by Crippen LogP contribution is 2.41. The van der Waals surface area contributed by atoms with Crippen LogP contribution in [0.1, 0.15) is 94.9 Å². The van der Waals surface area contributed by atoms with E-state index in [1.54, 1.807) is 41.5 Å². The maximum atomic E-state index is 14.1. The molecule has 0 radical (unpaired) electrons. The van der Waals surface area contributed by atoms with E-state index in [9.17, 15) is 39.9 Å². The Hall–Kier alpha value is -2.57. The first kappa shape index (κ1) is 54.8. The van der Waals surface area contributed by atoms with Crippen LogP contribution in [0.15, 0.2) is 11.5 Å². The van der Waals surface area contributed by atoms with E-state index < -0.39 is 144 Å². The van der Waals surface area contributed by atoms with Crippen LogP contribution in [0.3, 0.4) is 0 Å². The SMILES string of the molecule is CC[C@H]1OC(=O)[C@H](C)[C@@H](O[C@H]2C[C@@](C)(OC)[C@@H](O)[C@H](C)O2)[C@H](C)[C@@H](O[C@@H]2O[C@H](C)C[C@H](N(C)C)[C@H]2O)[C@](C)(O)C[C@@H](C)C(=O)[C@H](C)[C@@H](O)[C@]1(C)O.O=C1OC([C@@H](O)CO)C(O)=C1O. The molecule has 20 heteroatoms. The van der Waals surface area contributed by atoms with E-state index in [4.69, 9.17) is 48.8 Å². The highest BCUT2D eigenvalue weighted by atomic mass is 16.7. The molecule has 0 bridgehead atoms. The molecule has 4 aliphatic rings. The Morgan fingerprint density at radius 2 is 1.48 bits per heavy atom. The summed E-state index contributed by atoms with van der Waals surface area (Å²) in [7, 11) is 5.18. The van der Waals surface area contributed by atoms with Crippen LogP contribution in [-0.4, -0.2) is 193 Å². The van der Waals surface area contributed by atoms with E-state index in [1.807, 2.05) is 25.9 Å². The number of likely N-dealkylation sites (N-methyl/N-ethyl adjacent to an activating group) is 1. The monoisotopic (exact) mass is 909 g/mol. The first-order valence-electron chi connectivity index (χ1n) is 21.7. The van der Waals surface area contributed by atoms with Gasteiger partial charge in [-0.25, -0.2) is 4.79 Å². The number of nitrogens with zero attached hydrogens (tertiary/aromatic N) is 1. The van der Waals surface area contributed by atoms with Crippen LogP contribution >= 0.6 is 0 Å². The summed E-state index contributed by atoms with van der Waals surface area (Å²) in [6.45, 7) is 15.7. The third-order valence-electron chi connectivity index (χ3n) is 13.3. The molecule has 366 valence electrons. The van der Waals surface area contributed by atoms with E-state index in [2.05, 4.69) is 4.74 Å². The number of ketones is 1. The molecular weight excluding hydrogens is 834 g/mol. The molecule has 20 nitrogen and oxygen atoms in total. The van der Waals surface area contributed by atoms with Crippen molar-refractivity contribution in [2.24, 2.45) is 23.7 Å². The average molecular weight is 910 g/mol. The van der Waals surface area contributed by atoms with Gasteiger partial charge in [0.1, 0.15) is 35.8 Å². The van der Waals surface area contributed by atoms with E-state index in [1.165, 1.54) is 27.9 Å². The lowest BCUT2D eigenvalue weighted by Gasteiger charge is -2.49. The topological polar surface area (TPSA) is 301 Å². The normalized spacial score (nSPS) is 45.2. The summed E-state index contributed by atoms with van der Waals surface area (Å²) in [4.78, 5) is 40.3. The van der Waals surface area contributed by atoms with Gasteiger partial charge in [0.05, 0.1) is 54.2 Å². The van der Waals surface area contributed by atoms with Gasteiger partial charge in [0.2, 0.25) is 5.76 Å². The van der Waals surface area contributed by atoms with Gasteiger partial charge in [0, 0.05) is 37.3 Å². The van der Waals surface area contributed by atoms with Crippen molar-refractivity contribution in [3.8, 4) is 0 Å². The molecule has 0 aromatic carbocycles. The maximum Gasteiger partial charge on any atom is 0.377 e. The molecule has 0 spiro atoms. The Bertz CT molecular complexity index is 1570. The molecule has 4 aliphatic heterocycles. The second kappa shape index (κ2) is 21.8. The Morgan fingerprint density at radius 3 is 1.98 bits per heavy atom. The number of hydrogen-bond acceptors (Lipinski definition) is 20. The predicted molar refractivity (Wildman–Crippen MR) is 222 cm³/mol. The Balaban J connectivity index is 0.000000756. The van der Waals surface area contributed by atoms with Crippen molar-refractivity contribution in [3.05, 3.63) is 11.5 Å². The van der Waals surface area contributed by atoms with Gasteiger partial charge in [0.15, 0.2) is 24.4 Å². The quantitative estimate of drug-likeness (QED) is 0.141. The fourth-order valence-electron chi connectivity index (χ4n) is 9.23. The standard InChI is InChI=1S/C37H67NO13.C6H8O6/c1-14-25-37(10,45)30(41)20(4)27(39)18(2)16-35(8,44)32(51-34-28(40)24(38(11)12)15-19(3)47-34)21(5)29(22(6)33(43)49-25)50-26-17-36(9,46-13)31(42)23(7)48-26;7-1-2(8)5-3(9)4(10)6(11)12-5/h18-26,28-32,34,40-42,44-45H,14-17H2,1-13H3;2,5,7-10H,1H2/t18-,19-,20+,21+,22-,23+,24+,25-,26+,28-,29+,30-,31+,32-,34+,35-,36-,37-;2-,5?/m10/s1. The zero-order chi connectivity index (χ0) is 48.3. The first-order valence-corrected chi connectivity index (χ1v) is 21.7. The number of aliphatic hydroxyl groups is 9. The molecule has 0 amide bonds. The van der Waals surface area contributed by atoms with Gasteiger partial charge >= 0.3 is 11.9 Å². The lowest BCUT2D eigenvalue weighted by Crippen LogP contribution is -2.61. The fraction of sp³-hybridized carbons (Fsp3) is 0.884. The number of methoxy groups -OCH3 is 1. The zero-order valence-corrected chi connectivity index (χ0v) is 38.9. The molecule has 0 aromatic rings. The summed E-state index contributed by atoms with van der Waals surface area (Å²) in [5.41, 5.74) is -4.84. The van der Waals surface area contributed by atoms with Crippen LogP contribution in [-0.2, 0) is 47.5 Å². The smallest absolute Gasteiger partial charge is 0.377 e. The molecule has 4 heterocycles. The summed E-state index contributed by atoms with van der Waals surface area (Å²) < 4.78 is 41.4. The summed E-state index contributed by atoms with van der Waals surface area (Å²) in [6, 6.07) is -0.324.